The van der Waals surface area contributed by atoms with Crippen LogP contribution in [-0.2, 0) is 6.54 Å². The Bertz CT molecular complexity index is 1080. The van der Waals surface area contributed by atoms with Gasteiger partial charge in [0.15, 0.2) is 0 Å². The lowest BCUT2D eigenvalue weighted by atomic mass is 10.0. The molecule has 3 heterocycles. The molecule has 1 saturated heterocycles. The summed E-state index contributed by atoms with van der Waals surface area (Å²) in [5.74, 6) is -0.165. The quantitative estimate of drug-likeness (QED) is 0.597. The number of nitrogens with zero attached hydrogens (tertiary/aromatic N) is 3. The van der Waals surface area contributed by atoms with Gasteiger partial charge in [-0.3, -0.25) is 0 Å². The smallest absolute Gasteiger partial charge is 0.147 e. The Kier molecular flexibility index (Phi) is 3.57. The molecule has 4 nitrogen and oxygen atoms in total. The van der Waals surface area contributed by atoms with Crippen molar-refractivity contribution >= 4 is 27.5 Å². The van der Waals surface area contributed by atoms with Crippen LogP contribution in [0.15, 0.2) is 42.6 Å². The van der Waals surface area contributed by atoms with Gasteiger partial charge in [-0.05, 0) is 25.1 Å². The summed E-state index contributed by atoms with van der Waals surface area (Å²) in [6.45, 7) is 6.39. The summed E-state index contributed by atoms with van der Waals surface area (Å²) in [7, 11) is 0. The molecular weight excluding hydrogens is 327 g/mol. The number of aryl methyl sites for hydroxylation is 1. The van der Waals surface area contributed by atoms with E-state index in [-0.39, 0.29) is 5.82 Å². The molecule has 1 N–H and O–H groups in total. The van der Waals surface area contributed by atoms with Crippen LogP contribution in [0, 0.1) is 5.82 Å². The number of hydrogen-bond donors (Lipinski definition) is 1. The van der Waals surface area contributed by atoms with Crippen LogP contribution < -0.4 is 10.2 Å². The SMILES string of the molecule is CCn1cc2c3ccccc3nc-2c2cc(F)c(N3CCNCC3)cc21. The minimum atomic E-state index is -0.165. The molecule has 1 fully saturated rings. The molecule has 0 amide bonds. The Balaban J connectivity index is 1.81. The van der Waals surface area contributed by atoms with E-state index in [4.69, 9.17) is 4.98 Å². The van der Waals surface area contributed by atoms with Crippen molar-refractivity contribution in [2.75, 3.05) is 31.1 Å². The maximum absolute atomic E-state index is 15.0. The van der Waals surface area contributed by atoms with Crippen LogP contribution in [0.2, 0.25) is 0 Å². The van der Waals surface area contributed by atoms with Crippen LogP contribution in [0.4, 0.5) is 10.1 Å². The van der Waals surface area contributed by atoms with Crippen LogP contribution in [0.1, 0.15) is 6.92 Å². The van der Waals surface area contributed by atoms with Gasteiger partial charge in [-0.25, -0.2) is 9.37 Å². The third kappa shape index (κ3) is 2.27. The Morgan fingerprint density at radius 3 is 2.73 bits per heavy atom. The van der Waals surface area contributed by atoms with Crippen molar-refractivity contribution < 1.29 is 4.39 Å². The molecule has 0 unspecified atom stereocenters. The van der Waals surface area contributed by atoms with Crippen LogP contribution in [0.5, 0.6) is 0 Å². The second-order valence-electron chi connectivity index (χ2n) is 6.86. The van der Waals surface area contributed by atoms with E-state index in [2.05, 4.69) is 34.0 Å². The topological polar surface area (TPSA) is 33.1 Å². The van der Waals surface area contributed by atoms with Gasteiger partial charge in [0.05, 0.1) is 22.4 Å². The summed E-state index contributed by atoms with van der Waals surface area (Å²) >= 11 is 0. The summed E-state index contributed by atoms with van der Waals surface area (Å²) < 4.78 is 17.2. The van der Waals surface area contributed by atoms with Gasteiger partial charge in [0.2, 0.25) is 0 Å². The van der Waals surface area contributed by atoms with Crippen LogP contribution in [-0.4, -0.2) is 35.7 Å². The van der Waals surface area contributed by atoms with Crippen LogP contribution in [0.3, 0.4) is 0 Å². The normalized spacial score (nSPS) is 15.4. The molecule has 0 radical (unpaired) electrons. The largest absolute Gasteiger partial charge is 0.367 e. The van der Waals surface area contributed by atoms with E-state index in [1.807, 2.05) is 24.3 Å². The van der Waals surface area contributed by atoms with Crippen molar-refractivity contribution in [1.82, 2.24) is 14.9 Å². The fourth-order valence-electron chi connectivity index (χ4n) is 4.06. The number of nitrogens with one attached hydrogen (secondary N) is 1. The second kappa shape index (κ2) is 5.95. The van der Waals surface area contributed by atoms with E-state index in [1.165, 1.54) is 0 Å². The van der Waals surface area contributed by atoms with Crippen LogP contribution >= 0.6 is 0 Å². The zero-order chi connectivity index (χ0) is 17.7. The van der Waals surface area contributed by atoms with E-state index >= 15 is 4.39 Å². The lowest BCUT2D eigenvalue weighted by Crippen LogP contribution is -2.43. The maximum atomic E-state index is 15.0. The third-order valence-electron chi connectivity index (χ3n) is 5.39. The highest BCUT2D eigenvalue weighted by atomic mass is 19.1. The molecule has 0 atom stereocenters. The summed E-state index contributed by atoms with van der Waals surface area (Å²) in [4.78, 5) is 6.93. The van der Waals surface area contributed by atoms with Crippen molar-refractivity contribution in [3.05, 3.63) is 48.4 Å². The number of anilines is 1. The Morgan fingerprint density at radius 1 is 1.12 bits per heavy atom. The first-order valence-corrected chi connectivity index (χ1v) is 9.23. The van der Waals surface area contributed by atoms with Gasteiger partial charge in [0.1, 0.15) is 5.82 Å². The molecule has 0 aromatic heterocycles. The van der Waals surface area contributed by atoms with Gasteiger partial charge in [-0.15, -0.1) is 0 Å². The minimum Gasteiger partial charge on any atom is -0.367 e. The predicted molar refractivity (Wildman–Crippen MR) is 105 cm³/mol. The second-order valence-corrected chi connectivity index (χ2v) is 6.86. The van der Waals surface area contributed by atoms with E-state index in [0.717, 1.165) is 65.8 Å². The van der Waals surface area contributed by atoms with E-state index in [1.54, 1.807) is 6.07 Å². The molecule has 2 aromatic rings. The number of pyridine rings is 1. The minimum absolute atomic E-state index is 0.165. The highest BCUT2D eigenvalue weighted by Gasteiger charge is 2.21. The standard InChI is InChI=1S/C21H21FN4/c1-2-25-13-16-14-5-3-4-6-18(14)24-21(16)15-11-17(22)20(12-19(15)25)26-9-7-23-8-10-26/h3-6,11-13,23H,2,7-10H2,1H3. The molecule has 5 rings (SSSR count). The predicted octanol–water partition coefficient (Wildman–Crippen LogP) is 3.86. The van der Waals surface area contributed by atoms with Crippen LogP contribution in [0.25, 0.3) is 33.1 Å². The number of fused-ring (bicyclic) bond motifs is 5. The molecule has 2 aromatic carbocycles. The Labute approximate surface area is 151 Å². The number of aromatic nitrogens is 2. The Hall–Kier alpha value is -2.66. The average Bonchev–Trinajstić information content (AvgIpc) is 3.06. The van der Waals surface area contributed by atoms with Gasteiger partial charge in [0.25, 0.3) is 0 Å². The molecule has 0 aliphatic carbocycles. The zero-order valence-corrected chi connectivity index (χ0v) is 14.8. The van der Waals surface area contributed by atoms with Crippen molar-refractivity contribution in [2.45, 2.75) is 13.5 Å². The van der Waals surface area contributed by atoms with Crippen molar-refractivity contribution in [2.24, 2.45) is 0 Å². The highest BCUT2D eigenvalue weighted by Crippen LogP contribution is 2.38. The molecule has 0 spiro atoms. The van der Waals surface area contributed by atoms with E-state index in [9.17, 15) is 0 Å². The summed E-state index contributed by atoms with van der Waals surface area (Å²) in [5.41, 5.74) is 4.67. The third-order valence-corrected chi connectivity index (χ3v) is 5.39. The lowest BCUT2D eigenvalue weighted by Gasteiger charge is -2.30. The number of para-hydroxylation sites is 1. The summed E-state index contributed by atoms with van der Waals surface area (Å²) in [6, 6.07) is 11.8. The van der Waals surface area contributed by atoms with E-state index in [0.29, 0.717) is 5.69 Å². The molecular formula is C21H21FN4. The molecule has 26 heavy (non-hydrogen) atoms. The first-order valence-electron chi connectivity index (χ1n) is 9.23. The fourth-order valence-corrected chi connectivity index (χ4v) is 4.06. The molecule has 3 aliphatic heterocycles. The summed E-state index contributed by atoms with van der Waals surface area (Å²) in [5, 5.41) is 5.33. The van der Waals surface area contributed by atoms with Gasteiger partial charge in [0, 0.05) is 55.3 Å². The number of benzene rings is 2. The molecule has 0 bridgehead atoms. The van der Waals surface area contributed by atoms with Crippen molar-refractivity contribution in [3.63, 3.8) is 0 Å². The number of halogens is 1. The molecule has 0 saturated carbocycles. The number of piperazine rings is 1. The molecule has 132 valence electrons. The maximum Gasteiger partial charge on any atom is 0.147 e. The number of rotatable bonds is 2. The van der Waals surface area contributed by atoms with Crippen molar-refractivity contribution in [1.29, 1.82) is 0 Å². The Morgan fingerprint density at radius 2 is 1.92 bits per heavy atom. The van der Waals surface area contributed by atoms with Gasteiger partial charge < -0.3 is 14.8 Å². The number of hydrogen-bond acceptors (Lipinski definition) is 3. The van der Waals surface area contributed by atoms with Crippen molar-refractivity contribution in [3.8, 4) is 11.3 Å². The zero-order valence-electron chi connectivity index (χ0n) is 14.8. The monoisotopic (exact) mass is 348 g/mol. The van der Waals surface area contributed by atoms with Gasteiger partial charge in [-0.1, -0.05) is 18.2 Å². The highest BCUT2D eigenvalue weighted by molar-refractivity contribution is 6.06. The lowest BCUT2D eigenvalue weighted by molar-refractivity contribution is 0.567. The average molecular weight is 348 g/mol. The molecule has 5 heteroatoms. The molecule has 3 aliphatic rings. The first kappa shape index (κ1) is 15.6. The van der Waals surface area contributed by atoms with Gasteiger partial charge in [-0.2, -0.15) is 0 Å². The fraction of sp³-hybridized carbons (Fsp3) is 0.286. The summed E-state index contributed by atoms with van der Waals surface area (Å²) in [6.07, 6.45) is 2.16. The van der Waals surface area contributed by atoms with Gasteiger partial charge >= 0.3 is 0 Å². The first-order chi connectivity index (χ1) is 12.8. The van der Waals surface area contributed by atoms with E-state index < -0.39 is 0 Å².